The summed E-state index contributed by atoms with van der Waals surface area (Å²) in [5.41, 5.74) is -1.80. The van der Waals surface area contributed by atoms with Crippen LogP contribution >= 0.6 is 11.6 Å². The quantitative estimate of drug-likeness (QED) is 0.633. The number of rotatable bonds is 3. The molecule has 1 saturated carbocycles. The minimum absolute atomic E-state index is 0.00542. The number of fused-ring (bicyclic) bond motifs is 1. The number of pyridine rings is 1. The Kier molecular flexibility index (Phi) is 4.63. The maximum atomic E-state index is 13.3. The Bertz CT molecular complexity index is 1280. The van der Waals surface area contributed by atoms with Gasteiger partial charge in [-0.25, -0.2) is 14.3 Å². The molecule has 1 aliphatic heterocycles. The molecule has 0 atom stereocenters. The van der Waals surface area contributed by atoms with E-state index < -0.39 is 28.4 Å². The van der Waals surface area contributed by atoms with Gasteiger partial charge in [0.1, 0.15) is 11.5 Å². The fourth-order valence-electron chi connectivity index (χ4n) is 4.38. The highest BCUT2D eigenvalue weighted by Crippen LogP contribution is 2.49. The molecule has 31 heavy (non-hydrogen) atoms. The minimum atomic E-state index is -4.67. The van der Waals surface area contributed by atoms with Gasteiger partial charge < -0.3 is 5.32 Å². The Morgan fingerprint density at radius 3 is 2.48 bits per heavy atom. The smallest absolute Gasteiger partial charge is 0.367 e. The molecule has 6 nitrogen and oxygen atoms in total. The maximum absolute atomic E-state index is 13.3. The molecule has 1 aliphatic carbocycles. The summed E-state index contributed by atoms with van der Waals surface area (Å²) in [5, 5.41) is 3.64. The predicted molar refractivity (Wildman–Crippen MR) is 112 cm³/mol. The Morgan fingerprint density at radius 1 is 1.13 bits per heavy atom. The number of hydrogen-bond donors (Lipinski definition) is 1. The standard InChI is InChI=1S/C20H16ClF3N4O2S/c21-13-3-1-2-4-14(13)28-17-12(5-6-15(26-17)20(22,23)24)16(27-18(28)29)25-11-7-19(8-11)9-31(30)10-19/h1-6,11H,7-10H2,(H,25,27,29). The van der Waals surface area contributed by atoms with Crippen molar-refractivity contribution in [3.05, 3.63) is 57.6 Å². The van der Waals surface area contributed by atoms with Crippen molar-refractivity contribution in [2.24, 2.45) is 5.41 Å². The second kappa shape index (κ2) is 7.03. The fraction of sp³-hybridized carbons (Fsp3) is 0.350. The van der Waals surface area contributed by atoms with Gasteiger partial charge in [-0.05, 0) is 42.5 Å². The largest absolute Gasteiger partial charge is 0.433 e. The Morgan fingerprint density at radius 2 is 1.84 bits per heavy atom. The van der Waals surface area contributed by atoms with Gasteiger partial charge in [0, 0.05) is 28.3 Å². The molecular formula is C20H16ClF3N4O2S. The molecule has 2 aromatic heterocycles. The highest BCUT2D eigenvalue weighted by Gasteiger charge is 2.52. The number of alkyl halides is 3. The Labute approximate surface area is 181 Å². The van der Waals surface area contributed by atoms with Crippen LogP contribution in [0, 0.1) is 5.41 Å². The van der Waals surface area contributed by atoms with Crippen LogP contribution in [0.2, 0.25) is 5.02 Å². The van der Waals surface area contributed by atoms with Crippen LogP contribution in [0.15, 0.2) is 41.2 Å². The minimum Gasteiger partial charge on any atom is -0.367 e. The second-order valence-electron chi connectivity index (χ2n) is 8.07. The Hall–Kier alpha value is -2.46. The summed E-state index contributed by atoms with van der Waals surface area (Å²) in [6.07, 6.45) is -3.11. The van der Waals surface area contributed by atoms with Gasteiger partial charge in [0.2, 0.25) is 0 Å². The lowest BCUT2D eigenvalue weighted by Crippen LogP contribution is -2.58. The lowest BCUT2D eigenvalue weighted by Gasteiger charge is -2.53. The van der Waals surface area contributed by atoms with Crippen LogP contribution in [0.25, 0.3) is 16.7 Å². The zero-order valence-electron chi connectivity index (χ0n) is 15.9. The first-order valence-electron chi connectivity index (χ1n) is 9.53. The van der Waals surface area contributed by atoms with Gasteiger partial charge in [0.15, 0.2) is 5.65 Å². The van der Waals surface area contributed by atoms with Crippen molar-refractivity contribution in [3.8, 4) is 5.69 Å². The number of para-hydroxylation sites is 1. The van der Waals surface area contributed by atoms with E-state index in [0.717, 1.165) is 23.5 Å². The molecule has 0 unspecified atom stereocenters. The summed E-state index contributed by atoms with van der Waals surface area (Å²) >= 11 is 6.20. The number of anilines is 1. The molecule has 5 rings (SSSR count). The average molecular weight is 469 g/mol. The molecule has 11 heteroatoms. The second-order valence-corrected chi connectivity index (χ2v) is 9.94. The molecule has 162 valence electrons. The van der Waals surface area contributed by atoms with Crippen LogP contribution in [0.5, 0.6) is 0 Å². The first-order chi connectivity index (χ1) is 14.7. The van der Waals surface area contributed by atoms with E-state index in [1.54, 1.807) is 12.1 Å². The van der Waals surface area contributed by atoms with Crippen molar-refractivity contribution in [2.45, 2.75) is 25.1 Å². The molecular weight excluding hydrogens is 453 g/mol. The van der Waals surface area contributed by atoms with E-state index in [9.17, 15) is 22.2 Å². The first-order valence-corrected chi connectivity index (χ1v) is 11.4. The van der Waals surface area contributed by atoms with Crippen LogP contribution < -0.4 is 11.0 Å². The van der Waals surface area contributed by atoms with Crippen molar-refractivity contribution in [3.63, 3.8) is 0 Å². The summed E-state index contributed by atoms with van der Waals surface area (Å²) in [4.78, 5) is 20.7. The van der Waals surface area contributed by atoms with Crippen LogP contribution in [0.4, 0.5) is 19.0 Å². The van der Waals surface area contributed by atoms with Crippen LogP contribution in [0.3, 0.4) is 0 Å². The number of halogens is 4. The van der Waals surface area contributed by atoms with Crippen molar-refractivity contribution in [1.29, 1.82) is 0 Å². The molecule has 1 aromatic carbocycles. The highest BCUT2D eigenvalue weighted by molar-refractivity contribution is 7.86. The zero-order valence-corrected chi connectivity index (χ0v) is 17.5. The molecule has 0 bridgehead atoms. The van der Waals surface area contributed by atoms with Crippen LogP contribution in [-0.4, -0.2) is 36.3 Å². The topological polar surface area (TPSA) is 76.9 Å². The molecule has 1 spiro atoms. The van der Waals surface area contributed by atoms with Gasteiger partial charge >= 0.3 is 11.9 Å². The number of nitrogens with zero attached hydrogens (tertiary/aromatic N) is 3. The zero-order chi connectivity index (χ0) is 22.0. The SMILES string of the molecule is O=c1nc(NC2CC3(C2)CS(=O)C3)c2ccc(C(F)(F)F)nc2n1-c1ccccc1Cl. The molecule has 3 heterocycles. The molecule has 1 N–H and O–H groups in total. The summed E-state index contributed by atoms with van der Waals surface area (Å²) < 4.78 is 52.4. The van der Waals surface area contributed by atoms with Gasteiger partial charge in [-0.3, -0.25) is 4.21 Å². The monoisotopic (exact) mass is 468 g/mol. The molecule has 2 fully saturated rings. The van der Waals surface area contributed by atoms with E-state index >= 15 is 0 Å². The van der Waals surface area contributed by atoms with Gasteiger partial charge in [-0.2, -0.15) is 18.2 Å². The van der Waals surface area contributed by atoms with Gasteiger partial charge in [0.05, 0.1) is 16.1 Å². The fourth-order valence-corrected chi connectivity index (χ4v) is 6.35. The van der Waals surface area contributed by atoms with Crippen molar-refractivity contribution >= 4 is 39.3 Å². The average Bonchev–Trinajstić information content (AvgIpc) is 2.65. The number of hydrogen-bond acceptors (Lipinski definition) is 5. The number of benzene rings is 1. The van der Waals surface area contributed by atoms with Crippen LogP contribution in [-0.2, 0) is 17.0 Å². The normalized spacial score (nSPS) is 25.3. The van der Waals surface area contributed by atoms with E-state index in [-0.39, 0.29) is 39.0 Å². The summed E-state index contributed by atoms with van der Waals surface area (Å²) in [5.74, 6) is 1.53. The van der Waals surface area contributed by atoms with E-state index in [2.05, 4.69) is 15.3 Å². The third-order valence-electron chi connectivity index (χ3n) is 5.76. The summed E-state index contributed by atoms with van der Waals surface area (Å²) in [6.45, 7) is 0. The third kappa shape index (κ3) is 3.51. The molecule has 2 aliphatic rings. The number of aromatic nitrogens is 3. The van der Waals surface area contributed by atoms with Gasteiger partial charge in [-0.1, -0.05) is 23.7 Å². The first kappa shape index (κ1) is 20.4. The van der Waals surface area contributed by atoms with Crippen molar-refractivity contribution < 1.29 is 17.4 Å². The van der Waals surface area contributed by atoms with Crippen LogP contribution in [0.1, 0.15) is 18.5 Å². The third-order valence-corrected chi connectivity index (χ3v) is 7.95. The predicted octanol–water partition coefficient (Wildman–Crippen LogP) is 3.78. The molecule has 1 saturated heterocycles. The van der Waals surface area contributed by atoms with Gasteiger partial charge in [0.25, 0.3) is 0 Å². The van der Waals surface area contributed by atoms with E-state index in [1.807, 2.05) is 0 Å². The molecule has 0 radical (unpaired) electrons. The Balaban J connectivity index is 1.61. The lowest BCUT2D eigenvalue weighted by molar-refractivity contribution is -0.141. The van der Waals surface area contributed by atoms with E-state index in [0.29, 0.717) is 11.5 Å². The maximum Gasteiger partial charge on any atom is 0.433 e. The van der Waals surface area contributed by atoms with Gasteiger partial charge in [-0.15, -0.1) is 0 Å². The molecule has 3 aromatic rings. The van der Waals surface area contributed by atoms with E-state index in [1.165, 1.54) is 18.2 Å². The summed E-state index contributed by atoms with van der Waals surface area (Å²) in [7, 11) is -0.761. The van der Waals surface area contributed by atoms with E-state index in [4.69, 9.17) is 11.6 Å². The van der Waals surface area contributed by atoms with Crippen molar-refractivity contribution in [2.75, 3.05) is 16.8 Å². The highest BCUT2D eigenvalue weighted by atomic mass is 35.5. The number of nitrogens with one attached hydrogen (secondary N) is 1. The summed E-state index contributed by atoms with van der Waals surface area (Å²) in [6, 6.07) is 8.46. The van der Waals surface area contributed by atoms with Crippen molar-refractivity contribution in [1.82, 2.24) is 14.5 Å². The lowest BCUT2D eigenvalue weighted by atomic mass is 9.67. The molecule has 0 amide bonds.